The highest BCUT2D eigenvalue weighted by molar-refractivity contribution is 8.06. The molecule has 19 heavy (non-hydrogen) atoms. The minimum Gasteiger partial charge on any atom is -0.395 e. The van der Waals surface area contributed by atoms with Crippen LogP contribution < -0.4 is 11.1 Å². The Morgan fingerprint density at radius 1 is 1.47 bits per heavy atom. The summed E-state index contributed by atoms with van der Waals surface area (Å²) in [5, 5.41) is 10.4. The van der Waals surface area contributed by atoms with Gasteiger partial charge in [0.2, 0.25) is 0 Å². The number of carbonyl (C=O) groups excluding carboxylic acids is 1. The molecule has 1 aliphatic carbocycles. The number of nitrogens with two attached hydrogens (primary N) is 1. The molecule has 1 atom stereocenters. The van der Waals surface area contributed by atoms with E-state index in [1.54, 1.807) is 0 Å². The number of carbonyl (C=O) groups is 1. The van der Waals surface area contributed by atoms with Gasteiger partial charge in [-0.15, -0.1) is 0 Å². The van der Waals surface area contributed by atoms with Gasteiger partial charge >= 0.3 is 0 Å². The molecule has 2 fully saturated rings. The zero-order chi connectivity index (χ0) is 13.2. The molecule has 1 aromatic heterocycles. The molecular weight excluding hydrogens is 280 g/mol. The van der Waals surface area contributed by atoms with Crippen molar-refractivity contribution in [3.63, 3.8) is 0 Å². The molecule has 1 saturated heterocycles. The zero-order valence-electron chi connectivity index (χ0n) is 10.6. The van der Waals surface area contributed by atoms with E-state index in [4.69, 9.17) is 5.73 Å². The molecule has 104 valence electrons. The third-order valence-corrected chi connectivity index (χ3v) is 6.25. The lowest BCUT2D eigenvalue weighted by Gasteiger charge is -2.20. The van der Waals surface area contributed by atoms with E-state index < -0.39 is 0 Å². The standard InChI is InChI=1S/C12H18N4OS2/c13-9-10(7-1-2-7)15-16-11(9)12(17)14-5-8-6-18-3-4-19-8/h7-8H,1-6,13H2,(H,14,17)(H,15,16). The summed E-state index contributed by atoms with van der Waals surface area (Å²) in [7, 11) is 0. The molecule has 0 aromatic carbocycles. The Labute approximate surface area is 120 Å². The van der Waals surface area contributed by atoms with E-state index in [-0.39, 0.29) is 5.91 Å². The van der Waals surface area contributed by atoms with Gasteiger partial charge < -0.3 is 11.1 Å². The van der Waals surface area contributed by atoms with E-state index in [1.807, 2.05) is 23.5 Å². The van der Waals surface area contributed by atoms with Crippen LogP contribution in [0.3, 0.4) is 0 Å². The van der Waals surface area contributed by atoms with E-state index >= 15 is 0 Å². The van der Waals surface area contributed by atoms with Crippen LogP contribution in [0.25, 0.3) is 0 Å². The predicted octanol–water partition coefficient (Wildman–Crippen LogP) is 1.45. The number of nitrogens with zero attached hydrogens (tertiary/aromatic N) is 1. The van der Waals surface area contributed by atoms with Crippen LogP contribution >= 0.6 is 23.5 Å². The van der Waals surface area contributed by atoms with E-state index in [2.05, 4.69) is 15.5 Å². The van der Waals surface area contributed by atoms with Gasteiger partial charge in [-0.1, -0.05) is 0 Å². The number of nitrogen functional groups attached to an aromatic ring is 1. The molecule has 0 radical (unpaired) electrons. The van der Waals surface area contributed by atoms with Crippen molar-refractivity contribution in [2.75, 3.05) is 29.5 Å². The van der Waals surface area contributed by atoms with Crippen LogP contribution in [0.1, 0.15) is 34.9 Å². The SMILES string of the molecule is Nc1c(C(=O)NCC2CSCCS2)n[nH]c1C1CC1. The number of anilines is 1. The van der Waals surface area contributed by atoms with Gasteiger partial charge in [0.1, 0.15) is 0 Å². The summed E-state index contributed by atoms with van der Waals surface area (Å²) in [6, 6.07) is 0. The first-order valence-electron chi connectivity index (χ1n) is 6.57. The quantitative estimate of drug-likeness (QED) is 0.783. The Morgan fingerprint density at radius 2 is 2.32 bits per heavy atom. The van der Waals surface area contributed by atoms with Gasteiger partial charge in [0, 0.05) is 35.0 Å². The second-order valence-corrected chi connectivity index (χ2v) is 7.51. The number of thioether (sulfide) groups is 2. The van der Waals surface area contributed by atoms with E-state index in [0.29, 0.717) is 29.1 Å². The molecule has 1 aromatic rings. The van der Waals surface area contributed by atoms with Crippen molar-refractivity contribution < 1.29 is 4.79 Å². The molecule has 2 aliphatic rings. The Morgan fingerprint density at radius 3 is 3.00 bits per heavy atom. The topological polar surface area (TPSA) is 83.8 Å². The van der Waals surface area contributed by atoms with Crippen molar-refractivity contribution in [1.29, 1.82) is 0 Å². The summed E-state index contributed by atoms with van der Waals surface area (Å²) >= 11 is 3.88. The monoisotopic (exact) mass is 298 g/mol. The molecule has 1 amide bonds. The average Bonchev–Trinajstić information content (AvgIpc) is 3.20. The maximum Gasteiger partial charge on any atom is 0.273 e. The van der Waals surface area contributed by atoms with Crippen LogP contribution in [-0.2, 0) is 0 Å². The predicted molar refractivity (Wildman–Crippen MR) is 80.9 cm³/mol. The van der Waals surface area contributed by atoms with Gasteiger partial charge in [-0.25, -0.2) is 0 Å². The summed E-state index contributed by atoms with van der Waals surface area (Å²) in [6.07, 6.45) is 2.28. The smallest absolute Gasteiger partial charge is 0.273 e. The number of hydrogen-bond donors (Lipinski definition) is 3. The highest BCUT2D eigenvalue weighted by atomic mass is 32.2. The zero-order valence-corrected chi connectivity index (χ0v) is 12.3. The second kappa shape index (κ2) is 5.66. The Hall–Kier alpha value is -0.820. The first kappa shape index (κ1) is 13.2. The summed E-state index contributed by atoms with van der Waals surface area (Å²) in [5.41, 5.74) is 7.82. The number of H-pyrrole nitrogens is 1. The number of aromatic amines is 1. The van der Waals surface area contributed by atoms with Crippen molar-refractivity contribution in [3.05, 3.63) is 11.4 Å². The van der Waals surface area contributed by atoms with E-state index in [0.717, 1.165) is 24.3 Å². The molecule has 4 N–H and O–H groups in total. The lowest BCUT2D eigenvalue weighted by atomic mass is 10.2. The molecule has 3 rings (SSSR count). The molecule has 5 nitrogen and oxygen atoms in total. The molecule has 1 unspecified atom stereocenters. The summed E-state index contributed by atoms with van der Waals surface area (Å²) in [6.45, 7) is 0.696. The number of hydrogen-bond acceptors (Lipinski definition) is 5. The maximum atomic E-state index is 12.1. The van der Waals surface area contributed by atoms with Gasteiger partial charge in [-0.3, -0.25) is 9.89 Å². The van der Waals surface area contributed by atoms with Gasteiger partial charge in [0.05, 0.1) is 11.4 Å². The van der Waals surface area contributed by atoms with Gasteiger partial charge in [-0.05, 0) is 12.8 Å². The van der Waals surface area contributed by atoms with Crippen LogP contribution in [-0.4, -0.2) is 45.2 Å². The maximum absolute atomic E-state index is 12.1. The van der Waals surface area contributed by atoms with Crippen LogP contribution in [0.15, 0.2) is 0 Å². The highest BCUT2D eigenvalue weighted by Gasteiger charge is 2.30. The molecule has 1 aliphatic heterocycles. The van der Waals surface area contributed by atoms with Crippen LogP contribution in [0.5, 0.6) is 0 Å². The summed E-state index contributed by atoms with van der Waals surface area (Å²) < 4.78 is 0. The van der Waals surface area contributed by atoms with Crippen molar-refractivity contribution in [2.45, 2.75) is 24.0 Å². The second-order valence-electron chi connectivity index (χ2n) is 4.95. The van der Waals surface area contributed by atoms with Gasteiger partial charge in [0.25, 0.3) is 5.91 Å². The van der Waals surface area contributed by atoms with Crippen molar-refractivity contribution >= 4 is 35.1 Å². The molecule has 1 saturated carbocycles. The molecular formula is C12H18N4OS2. The third kappa shape index (κ3) is 3.02. The minimum absolute atomic E-state index is 0.156. The minimum atomic E-state index is -0.156. The number of nitrogens with one attached hydrogen (secondary N) is 2. The van der Waals surface area contributed by atoms with Crippen LogP contribution in [0, 0.1) is 0 Å². The van der Waals surface area contributed by atoms with Crippen LogP contribution in [0.2, 0.25) is 0 Å². The fourth-order valence-electron chi connectivity index (χ4n) is 2.17. The van der Waals surface area contributed by atoms with E-state index in [1.165, 1.54) is 11.5 Å². The van der Waals surface area contributed by atoms with E-state index in [9.17, 15) is 4.79 Å². The lowest BCUT2D eigenvalue weighted by molar-refractivity contribution is 0.0950. The molecule has 0 spiro atoms. The Bertz CT molecular complexity index is 466. The summed E-state index contributed by atoms with van der Waals surface area (Å²) in [4.78, 5) is 12.1. The normalized spacial score (nSPS) is 23.3. The molecule has 7 heteroatoms. The fourth-order valence-corrected chi connectivity index (χ4v) is 4.78. The average molecular weight is 298 g/mol. The highest BCUT2D eigenvalue weighted by Crippen LogP contribution is 2.42. The lowest BCUT2D eigenvalue weighted by Crippen LogP contribution is -2.33. The number of rotatable bonds is 4. The largest absolute Gasteiger partial charge is 0.395 e. The first-order valence-corrected chi connectivity index (χ1v) is 8.77. The number of amides is 1. The van der Waals surface area contributed by atoms with Crippen molar-refractivity contribution in [2.24, 2.45) is 0 Å². The van der Waals surface area contributed by atoms with Crippen molar-refractivity contribution in [3.8, 4) is 0 Å². The van der Waals surface area contributed by atoms with Gasteiger partial charge in [0.15, 0.2) is 5.69 Å². The van der Waals surface area contributed by atoms with Crippen molar-refractivity contribution in [1.82, 2.24) is 15.5 Å². The van der Waals surface area contributed by atoms with Crippen LogP contribution in [0.4, 0.5) is 5.69 Å². The summed E-state index contributed by atoms with van der Waals surface area (Å²) in [5.74, 6) is 3.82. The van der Waals surface area contributed by atoms with Gasteiger partial charge in [-0.2, -0.15) is 28.6 Å². The Balaban J connectivity index is 1.57. The fraction of sp³-hybridized carbons (Fsp3) is 0.667. The molecule has 2 heterocycles. The Kier molecular flexibility index (Phi) is 3.93. The number of aromatic nitrogens is 2. The third-order valence-electron chi connectivity index (χ3n) is 3.41. The molecule has 0 bridgehead atoms. The first-order chi connectivity index (χ1) is 9.25.